The lowest BCUT2D eigenvalue weighted by Gasteiger charge is -2.13. The molecule has 4 aromatic rings. The van der Waals surface area contributed by atoms with Gasteiger partial charge in [0.15, 0.2) is 17.3 Å². The van der Waals surface area contributed by atoms with E-state index in [2.05, 4.69) is 31.1 Å². The average molecular weight is 598 g/mol. The molecule has 0 aliphatic carbocycles. The number of halogens is 1. The van der Waals surface area contributed by atoms with Gasteiger partial charge in [-0.2, -0.15) is 0 Å². The number of rotatable bonds is 10. The van der Waals surface area contributed by atoms with Crippen LogP contribution in [0.1, 0.15) is 16.9 Å². The van der Waals surface area contributed by atoms with Gasteiger partial charge in [0.25, 0.3) is 10.0 Å². The number of sulfonamides is 1. The fourth-order valence-electron chi connectivity index (χ4n) is 3.39. The molecule has 1 amide bonds. The molecule has 0 saturated carbocycles. The highest BCUT2D eigenvalue weighted by molar-refractivity contribution is 9.10. The lowest BCUT2D eigenvalue weighted by Crippen LogP contribution is -2.13. The van der Waals surface area contributed by atoms with Gasteiger partial charge in [-0.25, -0.2) is 8.42 Å². The molecule has 0 spiro atoms. The Hall–Kier alpha value is -4.09. The molecule has 0 aliphatic heterocycles. The topological polar surface area (TPSA) is 120 Å². The van der Waals surface area contributed by atoms with E-state index in [1.54, 1.807) is 26.2 Å². The molecule has 38 heavy (non-hydrogen) atoms. The summed E-state index contributed by atoms with van der Waals surface area (Å²) in [6.07, 6.45) is 3.00. The first-order valence-corrected chi connectivity index (χ1v) is 13.6. The van der Waals surface area contributed by atoms with Gasteiger partial charge in [0.05, 0.1) is 16.5 Å². The van der Waals surface area contributed by atoms with E-state index >= 15 is 0 Å². The van der Waals surface area contributed by atoms with Gasteiger partial charge in [0.1, 0.15) is 12.4 Å². The van der Waals surface area contributed by atoms with Crippen molar-refractivity contribution in [3.63, 3.8) is 0 Å². The lowest BCUT2D eigenvalue weighted by atomic mass is 10.2. The molecule has 0 atom stereocenters. The van der Waals surface area contributed by atoms with Crippen LogP contribution in [0.25, 0.3) is 6.08 Å². The highest BCUT2D eigenvalue weighted by atomic mass is 79.9. The number of anilines is 2. The molecule has 0 fully saturated rings. The van der Waals surface area contributed by atoms with E-state index in [1.165, 1.54) is 36.4 Å². The molecule has 11 heteroatoms. The number of carbonyl (C=O) groups excluding carboxylic acids is 1. The standard InChI is InChI=1S/C27H24BrN3O6S/c1-18-14-25(30-37-18)31-38(33,34)22-11-9-21(10-12-22)29-26(32)13-8-20-15-23(28)27(24(16-20)35-2)36-17-19-6-4-3-5-7-19/h3-16H,17H2,1-2H3,(H,29,32)(H,30,31)/b13-8+. The van der Waals surface area contributed by atoms with Crippen molar-refractivity contribution in [2.24, 2.45) is 0 Å². The maximum atomic E-state index is 12.5. The van der Waals surface area contributed by atoms with Crippen LogP contribution in [-0.4, -0.2) is 26.6 Å². The summed E-state index contributed by atoms with van der Waals surface area (Å²) in [5.41, 5.74) is 2.17. The molecule has 0 saturated heterocycles. The van der Waals surface area contributed by atoms with Gasteiger partial charge in [-0.15, -0.1) is 0 Å². The predicted molar refractivity (Wildman–Crippen MR) is 148 cm³/mol. The Bertz CT molecular complexity index is 1550. The molecule has 1 heterocycles. The molecule has 0 bridgehead atoms. The normalized spacial score (nSPS) is 11.3. The van der Waals surface area contributed by atoms with Gasteiger partial charge in [-0.3, -0.25) is 9.52 Å². The number of aryl methyl sites for hydroxylation is 1. The first kappa shape index (κ1) is 27.0. The van der Waals surface area contributed by atoms with E-state index < -0.39 is 15.9 Å². The highest BCUT2D eigenvalue weighted by Crippen LogP contribution is 2.37. The zero-order chi connectivity index (χ0) is 27.1. The molecule has 1 aromatic heterocycles. The number of aromatic nitrogens is 1. The summed E-state index contributed by atoms with van der Waals surface area (Å²) in [6.45, 7) is 2.03. The van der Waals surface area contributed by atoms with Crippen LogP contribution < -0.4 is 19.5 Å². The molecule has 0 aliphatic rings. The van der Waals surface area contributed by atoms with Crippen LogP contribution in [-0.2, 0) is 21.4 Å². The fourth-order valence-corrected chi connectivity index (χ4v) is 4.95. The van der Waals surface area contributed by atoms with E-state index in [0.717, 1.165) is 5.56 Å². The zero-order valence-corrected chi connectivity index (χ0v) is 22.9. The Morgan fingerprint density at radius 2 is 1.82 bits per heavy atom. The van der Waals surface area contributed by atoms with Gasteiger partial charge in [0.2, 0.25) is 5.91 Å². The van der Waals surface area contributed by atoms with Crippen LogP contribution >= 0.6 is 15.9 Å². The second kappa shape index (κ2) is 12.0. The van der Waals surface area contributed by atoms with Crippen LogP contribution in [0.4, 0.5) is 11.5 Å². The van der Waals surface area contributed by atoms with E-state index in [4.69, 9.17) is 14.0 Å². The van der Waals surface area contributed by atoms with Gasteiger partial charge in [0, 0.05) is 17.8 Å². The predicted octanol–water partition coefficient (Wildman–Crippen LogP) is 5.79. The Morgan fingerprint density at radius 1 is 1.08 bits per heavy atom. The number of methoxy groups -OCH3 is 1. The highest BCUT2D eigenvalue weighted by Gasteiger charge is 2.16. The minimum absolute atomic E-state index is 0.0122. The molecule has 3 aromatic carbocycles. The summed E-state index contributed by atoms with van der Waals surface area (Å²) < 4.78 is 44.3. The van der Waals surface area contributed by atoms with Crippen molar-refractivity contribution in [2.75, 3.05) is 17.1 Å². The van der Waals surface area contributed by atoms with E-state index in [9.17, 15) is 13.2 Å². The smallest absolute Gasteiger partial charge is 0.263 e. The maximum Gasteiger partial charge on any atom is 0.263 e. The van der Waals surface area contributed by atoms with E-state index in [0.29, 0.717) is 39.6 Å². The van der Waals surface area contributed by atoms with E-state index in [-0.39, 0.29) is 10.7 Å². The molecule has 196 valence electrons. The van der Waals surface area contributed by atoms with E-state index in [1.807, 2.05) is 36.4 Å². The first-order chi connectivity index (χ1) is 18.2. The van der Waals surface area contributed by atoms with Gasteiger partial charge in [-0.1, -0.05) is 35.5 Å². The Morgan fingerprint density at radius 3 is 2.47 bits per heavy atom. The molecule has 0 radical (unpaired) electrons. The molecule has 0 unspecified atom stereocenters. The second-order valence-electron chi connectivity index (χ2n) is 8.08. The molecule has 9 nitrogen and oxygen atoms in total. The Kier molecular flexibility index (Phi) is 8.49. The summed E-state index contributed by atoms with van der Waals surface area (Å²) in [7, 11) is -2.31. The van der Waals surface area contributed by atoms with Crippen molar-refractivity contribution in [3.05, 3.63) is 100 Å². The SMILES string of the molecule is COc1cc(/C=C/C(=O)Nc2ccc(S(=O)(=O)Nc3cc(C)on3)cc2)cc(Br)c1OCc1ccccc1. The number of amides is 1. The van der Waals surface area contributed by atoms with Crippen LogP contribution in [0.2, 0.25) is 0 Å². The lowest BCUT2D eigenvalue weighted by molar-refractivity contribution is -0.111. The summed E-state index contributed by atoms with van der Waals surface area (Å²) in [4.78, 5) is 12.5. The minimum atomic E-state index is -3.85. The zero-order valence-electron chi connectivity index (χ0n) is 20.5. The summed E-state index contributed by atoms with van der Waals surface area (Å²) in [5, 5.41) is 6.32. The third-order valence-electron chi connectivity index (χ3n) is 5.20. The molecular formula is C27H24BrN3O6S. The largest absolute Gasteiger partial charge is 0.493 e. The molecular weight excluding hydrogens is 574 g/mol. The Balaban J connectivity index is 1.38. The van der Waals surface area contributed by atoms with Gasteiger partial charge >= 0.3 is 0 Å². The third-order valence-corrected chi connectivity index (χ3v) is 7.16. The molecule has 2 N–H and O–H groups in total. The monoisotopic (exact) mass is 597 g/mol. The second-order valence-corrected chi connectivity index (χ2v) is 10.6. The van der Waals surface area contributed by atoms with Gasteiger partial charge in [-0.05, 0) is 76.5 Å². The number of hydrogen-bond acceptors (Lipinski definition) is 7. The van der Waals surface area contributed by atoms with Gasteiger partial charge < -0.3 is 19.3 Å². The van der Waals surface area contributed by atoms with Crippen LogP contribution in [0, 0.1) is 6.92 Å². The van der Waals surface area contributed by atoms with Crippen molar-refractivity contribution in [1.29, 1.82) is 0 Å². The maximum absolute atomic E-state index is 12.5. The van der Waals surface area contributed by atoms with Crippen molar-refractivity contribution < 1.29 is 27.2 Å². The van der Waals surface area contributed by atoms with Crippen molar-refractivity contribution in [3.8, 4) is 11.5 Å². The minimum Gasteiger partial charge on any atom is -0.493 e. The average Bonchev–Trinajstić information content (AvgIpc) is 3.31. The quantitative estimate of drug-likeness (QED) is 0.222. The number of benzene rings is 3. The van der Waals surface area contributed by atoms with Crippen molar-refractivity contribution in [2.45, 2.75) is 18.4 Å². The van der Waals surface area contributed by atoms with Crippen molar-refractivity contribution in [1.82, 2.24) is 5.16 Å². The van der Waals surface area contributed by atoms with Crippen LogP contribution in [0.3, 0.4) is 0 Å². The fraction of sp³-hybridized carbons (Fsp3) is 0.111. The third kappa shape index (κ3) is 7.02. The number of hydrogen-bond donors (Lipinski definition) is 2. The van der Waals surface area contributed by atoms with Crippen LogP contribution in [0.15, 0.2) is 92.8 Å². The molecule has 4 rings (SSSR count). The van der Waals surface area contributed by atoms with Crippen LogP contribution in [0.5, 0.6) is 11.5 Å². The summed E-state index contributed by atoms with van der Waals surface area (Å²) >= 11 is 3.52. The Labute approximate surface area is 228 Å². The summed E-state index contributed by atoms with van der Waals surface area (Å²) in [6, 6.07) is 20.6. The number of carbonyl (C=O) groups is 1. The van der Waals surface area contributed by atoms with Crippen molar-refractivity contribution >= 4 is 49.4 Å². The summed E-state index contributed by atoms with van der Waals surface area (Å²) in [5.74, 6) is 1.25. The number of nitrogens with one attached hydrogen (secondary N) is 2. The number of ether oxygens (including phenoxy) is 2. The first-order valence-electron chi connectivity index (χ1n) is 11.3. The number of nitrogens with zero attached hydrogens (tertiary/aromatic N) is 1.